The van der Waals surface area contributed by atoms with E-state index in [2.05, 4.69) is 0 Å². The van der Waals surface area contributed by atoms with Gasteiger partial charge in [0.05, 0.1) is 0 Å². The standard InChI is InChI=1S/6C2H4O2.2O.U/c6*1-2(3)4;;;/h6*1H3,(H,3,4);;;. The molecule has 0 aliphatic heterocycles. The van der Waals surface area contributed by atoms with Gasteiger partial charge >= 0.3 is 32.3 Å². The first-order chi connectivity index (χ1) is 11.8. The van der Waals surface area contributed by atoms with E-state index in [0.29, 0.717) is 0 Å². The van der Waals surface area contributed by atoms with Crippen LogP contribution >= 0.6 is 0 Å². The molecule has 0 aliphatic carbocycles. The average Bonchev–Trinajstić information content (AvgIpc) is 2.22. The molecule has 0 aromatic heterocycles. The van der Waals surface area contributed by atoms with Crippen molar-refractivity contribution in [3.05, 3.63) is 0 Å². The predicted octanol–water partition coefficient (Wildman–Crippen LogP) is 0.308. The summed E-state index contributed by atoms with van der Waals surface area (Å²) in [5.41, 5.74) is 0. The van der Waals surface area contributed by atoms with Gasteiger partial charge in [0.2, 0.25) is 0 Å². The van der Waals surface area contributed by atoms with Gasteiger partial charge in [0.25, 0.3) is 35.8 Å². The third-order valence-electron chi connectivity index (χ3n) is 0. The van der Waals surface area contributed by atoms with Crippen molar-refractivity contribution in [3.63, 3.8) is 0 Å². The van der Waals surface area contributed by atoms with Crippen molar-refractivity contribution in [2.75, 3.05) is 0 Å². The molecule has 0 radical (unpaired) electrons. The van der Waals surface area contributed by atoms with Gasteiger partial charge in [-0.15, -0.1) is 0 Å². The van der Waals surface area contributed by atoms with E-state index in [-0.39, 0.29) is 0 Å². The first-order valence-electron chi connectivity index (χ1n) is 5.97. The molecular weight excluding hydrogens is 606 g/mol. The van der Waals surface area contributed by atoms with Crippen LogP contribution in [0.5, 0.6) is 0 Å². The van der Waals surface area contributed by atoms with Gasteiger partial charge < -0.3 is 30.6 Å². The van der Waals surface area contributed by atoms with Crippen LogP contribution in [0.25, 0.3) is 0 Å². The van der Waals surface area contributed by atoms with Crippen LogP contribution in [0.2, 0.25) is 0 Å². The fourth-order valence-electron chi connectivity index (χ4n) is 0. The number of hydrogen-bond donors (Lipinski definition) is 6. The van der Waals surface area contributed by atoms with Gasteiger partial charge in [-0.2, -0.15) is 0 Å². The minimum absolute atomic E-state index is 0.833. The van der Waals surface area contributed by atoms with Crippen LogP contribution in [0.15, 0.2) is 0 Å². The molecule has 0 atom stereocenters. The molecule has 0 spiro atoms. The number of carboxylic acids is 6. The number of hydrogen-bond acceptors (Lipinski definition) is 8. The second kappa shape index (κ2) is 43.7. The SMILES string of the molecule is CC(=O)O.CC(=O)O.CC(=O)O.CC(=O)O.CC(=O)O.CC(=O)O.[O]=[U]=[O]. The molecule has 6 N–H and O–H groups in total. The van der Waals surface area contributed by atoms with E-state index in [0.717, 1.165) is 41.5 Å². The molecule has 0 saturated carbocycles. The van der Waals surface area contributed by atoms with Gasteiger partial charge in [0.15, 0.2) is 0 Å². The van der Waals surface area contributed by atoms with Crippen LogP contribution in [0, 0.1) is 27.8 Å². The van der Waals surface area contributed by atoms with Crippen LogP contribution < -0.4 is 0 Å². The first-order valence-corrected chi connectivity index (χ1v) is 9.37. The normalized spacial score (nSPS) is 5.85. The van der Waals surface area contributed by atoms with Crippen molar-refractivity contribution in [1.29, 1.82) is 0 Å². The van der Waals surface area contributed by atoms with Crippen molar-refractivity contribution in [1.82, 2.24) is 0 Å². The minimum atomic E-state index is -2.51. The number of rotatable bonds is 0. The topological polar surface area (TPSA) is 258 Å². The van der Waals surface area contributed by atoms with Gasteiger partial charge in [-0.3, -0.25) is 28.8 Å². The number of carboxylic acid groups (broad SMARTS) is 6. The summed E-state index contributed by atoms with van der Waals surface area (Å²) in [4.78, 5) is 54.0. The molecule has 0 rings (SSSR count). The van der Waals surface area contributed by atoms with Gasteiger partial charge in [0.1, 0.15) is 0 Å². The average molecular weight is 630 g/mol. The third kappa shape index (κ3) is 1690. The zero-order chi connectivity index (χ0) is 24.2. The second-order valence-corrected chi connectivity index (χ2v) is 3.89. The molecule has 15 heteroatoms. The molecule has 0 heterocycles. The summed E-state index contributed by atoms with van der Waals surface area (Å²) in [6.45, 7) is 6.50. The van der Waals surface area contributed by atoms with Gasteiger partial charge in [-0.05, 0) is 0 Å². The Morgan fingerprint density at radius 2 is 0.407 bits per heavy atom. The molecule has 0 fully saturated rings. The summed E-state index contributed by atoms with van der Waals surface area (Å²) in [6.07, 6.45) is 0. The van der Waals surface area contributed by atoms with Crippen molar-refractivity contribution >= 4 is 35.8 Å². The summed E-state index contributed by atoms with van der Waals surface area (Å²) in [5, 5.41) is 44.5. The zero-order valence-corrected chi connectivity index (χ0v) is 19.6. The molecule has 0 aliphatic rings. The Morgan fingerprint density at radius 3 is 0.407 bits per heavy atom. The Morgan fingerprint density at radius 1 is 0.407 bits per heavy atom. The molecule has 0 saturated heterocycles. The maximum atomic E-state index is 9.00. The van der Waals surface area contributed by atoms with E-state index in [4.69, 9.17) is 63.9 Å². The summed E-state index contributed by atoms with van der Waals surface area (Å²) in [5.74, 6) is -5.00. The van der Waals surface area contributed by atoms with E-state index in [1.165, 1.54) is 0 Å². The van der Waals surface area contributed by atoms with E-state index in [1.54, 1.807) is 0 Å². The summed E-state index contributed by atoms with van der Waals surface area (Å²) >= 11 is -2.51. The Kier molecular flexibility index (Phi) is 71.5. The number of aliphatic carboxylic acids is 6. The van der Waals surface area contributed by atoms with Crippen molar-refractivity contribution < 1.29 is 91.7 Å². The van der Waals surface area contributed by atoms with Gasteiger partial charge in [-0.1, -0.05) is 0 Å². The number of carbonyl (C=O) groups is 6. The van der Waals surface area contributed by atoms with Crippen LogP contribution in [0.3, 0.4) is 0 Å². The van der Waals surface area contributed by atoms with Crippen LogP contribution in [-0.4, -0.2) is 66.5 Å². The fraction of sp³-hybridized carbons (Fsp3) is 0.500. The van der Waals surface area contributed by atoms with Crippen LogP contribution in [0.4, 0.5) is 0 Å². The summed E-state index contributed by atoms with van der Waals surface area (Å²) < 4.78 is 17.2. The molecule has 0 aromatic rings. The third-order valence-corrected chi connectivity index (χ3v) is 0. The Balaban J connectivity index is -0.0000000346. The maximum absolute atomic E-state index is 9.00. The molecule has 0 unspecified atom stereocenters. The second-order valence-electron chi connectivity index (χ2n) is 3.20. The fourth-order valence-corrected chi connectivity index (χ4v) is 0. The Bertz CT molecular complexity index is 334. The molecular formula is C12H24O14U. The van der Waals surface area contributed by atoms with Gasteiger partial charge in [-0.25, -0.2) is 0 Å². The van der Waals surface area contributed by atoms with E-state index in [9.17, 15) is 0 Å². The molecule has 0 bridgehead atoms. The molecule has 0 amide bonds. The Hall–Kier alpha value is -2.53. The van der Waals surface area contributed by atoms with Crippen molar-refractivity contribution in [2.24, 2.45) is 0 Å². The van der Waals surface area contributed by atoms with E-state index < -0.39 is 63.6 Å². The van der Waals surface area contributed by atoms with E-state index in [1.807, 2.05) is 0 Å². The summed E-state index contributed by atoms with van der Waals surface area (Å²) in [6, 6.07) is 0. The van der Waals surface area contributed by atoms with Gasteiger partial charge in [0, 0.05) is 41.5 Å². The molecule has 14 nitrogen and oxygen atoms in total. The van der Waals surface area contributed by atoms with E-state index >= 15 is 0 Å². The summed E-state index contributed by atoms with van der Waals surface area (Å²) in [7, 11) is 0. The molecule has 0 aromatic carbocycles. The molecule has 27 heavy (non-hydrogen) atoms. The monoisotopic (exact) mass is 630 g/mol. The quantitative estimate of drug-likeness (QED) is 0.211. The van der Waals surface area contributed by atoms with Crippen molar-refractivity contribution in [3.8, 4) is 0 Å². The first kappa shape index (κ1) is 44.2. The Labute approximate surface area is 169 Å². The zero-order valence-electron chi connectivity index (χ0n) is 15.4. The predicted molar refractivity (Wildman–Crippen MR) is 81.2 cm³/mol. The van der Waals surface area contributed by atoms with Crippen LogP contribution in [0.1, 0.15) is 41.5 Å². The molecule has 160 valence electrons. The van der Waals surface area contributed by atoms with Crippen molar-refractivity contribution in [2.45, 2.75) is 41.5 Å². The van der Waals surface area contributed by atoms with Crippen LogP contribution in [-0.2, 0) is 33.2 Å².